The van der Waals surface area contributed by atoms with Gasteiger partial charge in [-0.15, -0.1) is 0 Å². The van der Waals surface area contributed by atoms with Gasteiger partial charge in [0, 0.05) is 37.8 Å². The van der Waals surface area contributed by atoms with E-state index in [-0.39, 0.29) is 19.1 Å². The number of carbonyl (C=O) groups is 4. The van der Waals surface area contributed by atoms with Gasteiger partial charge in [0.15, 0.2) is 6.10 Å². The number of likely N-dealkylation sites (tertiary alicyclic amines) is 1. The van der Waals surface area contributed by atoms with Crippen LogP contribution < -0.4 is 4.90 Å². The number of hydrogen-bond acceptors (Lipinski definition) is 7. The lowest BCUT2D eigenvalue weighted by Crippen LogP contribution is -2.56. The van der Waals surface area contributed by atoms with Gasteiger partial charge in [-0.3, -0.25) is 14.4 Å². The molecule has 33 heavy (non-hydrogen) atoms. The third-order valence-electron chi connectivity index (χ3n) is 5.47. The third kappa shape index (κ3) is 5.90. The highest BCUT2D eigenvalue weighted by Gasteiger charge is 2.44. The number of esters is 2. The molecule has 0 radical (unpaired) electrons. The summed E-state index contributed by atoms with van der Waals surface area (Å²) in [6, 6.07) is 5.25. The molecule has 0 unspecified atom stereocenters. The maximum atomic E-state index is 13.4. The van der Waals surface area contributed by atoms with E-state index in [1.165, 1.54) is 4.90 Å². The van der Waals surface area contributed by atoms with E-state index in [1.54, 1.807) is 43.9 Å². The molecule has 2 amide bonds. The zero-order valence-corrected chi connectivity index (χ0v) is 19.9. The van der Waals surface area contributed by atoms with Gasteiger partial charge in [0.25, 0.3) is 11.8 Å². The zero-order chi connectivity index (χ0) is 24.3. The third-order valence-corrected chi connectivity index (χ3v) is 5.47. The van der Waals surface area contributed by atoms with Crippen molar-refractivity contribution in [3.8, 4) is 0 Å². The van der Waals surface area contributed by atoms with Gasteiger partial charge in [0.2, 0.25) is 6.10 Å². The lowest BCUT2D eigenvalue weighted by atomic mass is 10.0. The number of rotatable bonds is 5. The van der Waals surface area contributed by atoms with Crippen molar-refractivity contribution in [2.45, 2.75) is 65.3 Å². The average Bonchev–Trinajstić information content (AvgIpc) is 3.26. The molecule has 2 atom stereocenters. The smallest absolute Gasteiger partial charge is 0.351 e. The summed E-state index contributed by atoms with van der Waals surface area (Å²) in [5.41, 5.74) is 1.01. The van der Waals surface area contributed by atoms with Crippen LogP contribution in [0.4, 0.5) is 5.69 Å². The van der Waals surface area contributed by atoms with Gasteiger partial charge < -0.3 is 24.0 Å². The summed E-state index contributed by atoms with van der Waals surface area (Å²) in [4.78, 5) is 54.0. The molecule has 1 aromatic rings. The predicted octanol–water partition coefficient (Wildman–Crippen LogP) is 2.24. The van der Waals surface area contributed by atoms with E-state index in [9.17, 15) is 19.2 Å². The van der Waals surface area contributed by atoms with Crippen molar-refractivity contribution in [2.75, 3.05) is 31.1 Å². The molecule has 180 valence electrons. The van der Waals surface area contributed by atoms with E-state index >= 15 is 0 Å². The van der Waals surface area contributed by atoms with Crippen LogP contribution in [0.1, 0.15) is 56.5 Å². The van der Waals surface area contributed by atoms with Crippen LogP contribution in [0.2, 0.25) is 0 Å². The molecule has 9 nitrogen and oxygen atoms in total. The van der Waals surface area contributed by atoms with Crippen LogP contribution in [-0.2, 0) is 28.6 Å². The van der Waals surface area contributed by atoms with Crippen molar-refractivity contribution in [3.63, 3.8) is 0 Å². The second-order valence-electron chi connectivity index (χ2n) is 9.35. The first-order valence-corrected chi connectivity index (χ1v) is 11.2. The molecule has 0 aliphatic carbocycles. The minimum atomic E-state index is -1.54. The fourth-order valence-electron chi connectivity index (χ4n) is 3.97. The zero-order valence-electron chi connectivity index (χ0n) is 19.9. The number of aryl methyl sites for hydroxylation is 1. The number of carbonyl (C=O) groups excluding carboxylic acids is 4. The number of amides is 2. The van der Waals surface area contributed by atoms with Gasteiger partial charge >= 0.3 is 11.9 Å². The van der Waals surface area contributed by atoms with Crippen molar-refractivity contribution in [1.29, 1.82) is 0 Å². The first-order chi connectivity index (χ1) is 15.5. The predicted molar refractivity (Wildman–Crippen MR) is 120 cm³/mol. The van der Waals surface area contributed by atoms with Gasteiger partial charge in [-0.25, -0.2) is 4.79 Å². The Labute approximate surface area is 193 Å². The van der Waals surface area contributed by atoms with Crippen LogP contribution in [0, 0.1) is 6.92 Å². The lowest BCUT2D eigenvalue weighted by Gasteiger charge is -2.36. The first-order valence-electron chi connectivity index (χ1n) is 11.2. The van der Waals surface area contributed by atoms with Crippen molar-refractivity contribution >= 4 is 29.4 Å². The number of morpholine rings is 1. The van der Waals surface area contributed by atoms with Crippen molar-refractivity contribution < 1.29 is 33.4 Å². The van der Waals surface area contributed by atoms with E-state index in [2.05, 4.69) is 0 Å². The van der Waals surface area contributed by atoms with E-state index in [4.69, 9.17) is 14.2 Å². The topological polar surface area (TPSA) is 102 Å². The van der Waals surface area contributed by atoms with Gasteiger partial charge in [-0.05, 0) is 58.2 Å². The maximum absolute atomic E-state index is 13.4. The van der Waals surface area contributed by atoms with Crippen LogP contribution >= 0.6 is 0 Å². The molecule has 2 aliphatic rings. The quantitative estimate of drug-likeness (QED) is 0.621. The molecule has 0 saturated carbocycles. The van der Waals surface area contributed by atoms with Crippen LogP contribution in [-0.4, -0.2) is 72.7 Å². The Kier molecular flexibility index (Phi) is 7.41. The van der Waals surface area contributed by atoms with E-state index < -0.39 is 35.7 Å². The van der Waals surface area contributed by atoms with E-state index in [1.807, 2.05) is 6.92 Å². The summed E-state index contributed by atoms with van der Waals surface area (Å²) in [7, 11) is 0. The summed E-state index contributed by atoms with van der Waals surface area (Å²) in [5, 5.41) is 0. The van der Waals surface area contributed by atoms with Crippen LogP contribution in [0.25, 0.3) is 0 Å². The number of hydrogen-bond donors (Lipinski definition) is 0. The van der Waals surface area contributed by atoms with Gasteiger partial charge in [0.05, 0.1) is 6.61 Å². The molecule has 0 N–H and O–H groups in total. The summed E-state index contributed by atoms with van der Waals surface area (Å²) in [6.45, 7) is 9.84. The average molecular weight is 461 g/mol. The number of ether oxygens (including phenoxy) is 3. The second-order valence-corrected chi connectivity index (χ2v) is 9.35. The summed E-state index contributed by atoms with van der Waals surface area (Å²) < 4.78 is 16.1. The standard InChI is InChI=1S/C24H32N2O7/c1-15-8-9-17(21(28)25-10-6-7-11-25)14-18(15)26-12-13-31-19(22(26)29)20(32-16(2)27)23(30)33-24(3,4)5/h8-9,14,19-20H,6-7,10-13H2,1-5H3/t19-,20-/m1/s1. The fourth-order valence-corrected chi connectivity index (χ4v) is 3.97. The van der Waals surface area contributed by atoms with Gasteiger partial charge in [-0.2, -0.15) is 0 Å². The molecular weight excluding hydrogens is 428 g/mol. The molecular formula is C24H32N2O7. The Morgan fingerprint density at radius 1 is 1.12 bits per heavy atom. The highest BCUT2D eigenvalue weighted by atomic mass is 16.6. The molecule has 9 heteroatoms. The normalized spacial score (nSPS) is 19.9. The Bertz CT molecular complexity index is 931. The molecule has 3 rings (SSSR count). The molecule has 2 saturated heterocycles. The molecule has 0 bridgehead atoms. The first kappa shape index (κ1) is 24.7. The van der Waals surface area contributed by atoms with Crippen LogP contribution in [0.15, 0.2) is 18.2 Å². The van der Waals surface area contributed by atoms with Crippen molar-refractivity contribution in [1.82, 2.24) is 4.90 Å². The minimum Gasteiger partial charge on any atom is -0.457 e. The number of benzene rings is 1. The summed E-state index contributed by atoms with van der Waals surface area (Å²) >= 11 is 0. The summed E-state index contributed by atoms with van der Waals surface area (Å²) in [5.74, 6) is -2.19. The number of anilines is 1. The van der Waals surface area contributed by atoms with E-state index in [0.29, 0.717) is 11.3 Å². The Hall–Kier alpha value is -2.94. The van der Waals surface area contributed by atoms with Gasteiger partial charge in [-0.1, -0.05) is 6.07 Å². The van der Waals surface area contributed by atoms with Crippen LogP contribution in [0.3, 0.4) is 0 Å². The molecule has 0 spiro atoms. The van der Waals surface area contributed by atoms with Crippen molar-refractivity contribution in [3.05, 3.63) is 29.3 Å². The molecule has 1 aromatic carbocycles. The monoisotopic (exact) mass is 460 g/mol. The maximum Gasteiger partial charge on any atom is 0.351 e. The van der Waals surface area contributed by atoms with Crippen molar-refractivity contribution in [2.24, 2.45) is 0 Å². The van der Waals surface area contributed by atoms with E-state index in [0.717, 1.165) is 38.4 Å². The molecule has 2 aliphatic heterocycles. The Morgan fingerprint density at radius 3 is 2.39 bits per heavy atom. The van der Waals surface area contributed by atoms with Gasteiger partial charge in [0.1, 0.15) is 5.60 Å². The Morgan fingerprint density at radius 2 is 1.79 bits per heavy atom. The summed E-state index contributed by atoms with van der Waals surface area (Å²) in [6.07, 6.45) is -0.923. The fraction of sp³-hybridized carbons (Fsp3) is 0.583. The largest absolute Gasteiger partial charge is 0.457 e. The molecule has 0 aromatic heterocycles. The SMILES string of the molecule is CC(=O)O[C@@H](C(=O)OC(C)(C)C)[C@H]1OCCN(c2cc(C(=O)N3CCCC3)ccc2C)C1=O. The highest BCUT2D eigenvalue weighted by molar-refractivity contribution is 6.03. The van der Waals surface area contributed by atoms with Crippen LogP contribution in [0.5, 0.6) is 0 Å². The second kappa shape index (κ2) is 9.91. The highest BCUT2D eigenvalue weighted by Crippen LogP contribution is 2.28. The number of nitrogens with zero attached hydrogens (tertiary/aromatic N) is 2. The minimum absolute atomic E-state index is 0.0717. The lowest BCUT2D eigenvalue weighted by molar-refractivity contribution is -0.188. The molecule has 2 heterocycles. The molecule has 2 fully saturated rings. The Balaban J connectivity index is 1.88.